The van der Waals surface area contributed by atoms with Gasteiger partial charge in [0.1, 0.15) is 11.6 Å². The summed E-state index contributed by atoms with van der Waals surface area (Å²) >= 11 is 0. The zero-order valence-electron chi connectivity index (χ0n) is 12.3. The monoisotopic (exact) mass is 306 g/mol. The van der Waals surface area contributed by atoms with Crippen molar-refractivity contribution in [1.29, 1.82) is 0 Å². The van der Waals surface area contributed by atoms with E-state index in [1.165, 1.54) is 24.5 Å². The quantitative estimate of drug-likeness (QED) is 0.734. The summed E-state index contributed by atoms with van der Waals surface area (Å²) in [6.45, 7) is 1.69. The van der Waals surface area contributed by atoms with Gasteiger partial charge in [-0.15, -0.1) is 0 Å². The third-order valence-electron chi connectivity index (χ3n) is 3.15. The molecule has 0 aliphatic heterocycles. The average Bonchev–Trinajstić information content (AvgIpc) is 2.98. The van der Waals surface area contributed by atoms with Crippen LogP contribution in [-0.2, 0) is 4.79 Å². The fourth-order valence-corrected chi connectivity index (χ4v) is 2.17. The third kappa shape index (κ3) is 4.68. The fourth-order valence-electron chi connectivity index (χ4n) is 2.17. The Balaban J connectivity index is 1.85. The first-order chi connectivity index (χ1) is 10.6. The van der Waals surface area contributed by atoms with Gasteiger partial charge in [-0.2, -0.15) is 0 Å². The Morgan fingerprint density at radius 3 is 2.82 bits per heavy atom. The number of carbonyl (C=O) groups is 1. The predicted octanol–water partition coefficient (Wildman–Crippen LogP) is 2.46. The van der Waals surface area contributed by atoms with Crippen LogP contribution in [0.2, 0.25) is 0 Å². The SMILES string of the molecule is CC(CC(=O)Nc1cccc(F)c1)NC(CO)c1ccco1. The maximum Gasteiger partial charge on any atom is 0.225 e. The highest BCUT2D eigenvalue weighted by atomic mass is 19.1. The van der Waals surface area contributed by atoms with Crippen LogP contribution in [0.15, 0.2) is 47.1 Å². The Labute approximate surface area is 128 Å². The fraction of sp³-hybridized carbons (Fsp3) is 0.312. The van der Waals surface area contributed by atoms with Gasteiger partial charge in [0.25, 0.3) is 0 Å². The van der Waals surface area contributed by atoms with Gasteiger partial charge in [-0.1, -0.05) is 6.07 Å². The molecule has 1 heterocycles. The molecule has 0 fully saturated rings. The van der Waals surface area contributed by atoms with E-state index in [2.05, 4.69) is 10.6 Å². The first-order valence-electron chi connectivity index (χ1n) is 7.04. The lowest BCUT2D eigenvalue weighted by Crippen LogP contribution is -2.35. The van der Waals surface area contributed by atoms with E-state index in [4.69, 9.17) is 4.42 Å². The summed E-state index contributed by atoms with van der Waals surface area (Å²) in [7, 11) is 0. The molecule has 118 valence electrons. The van der Waals surface area contributed by atoms with Gasteiger partial charge in [0.15, 0.2) is 0 Å². The summed E-state index contributed by atoms with van der Waals surface area (Å²) in [6.07, 6.45) is 1.72. The molecule has 2 atom stereocenters. The van der Waals surface area contributed by atoms with E-state index in [0.29, 0.717) is 11.4 Å². The number of anilines is 1. The zero-order valence-corrected chi connectivity index (χ0v) is 12.3. The molecule has 0 saturated carbocycles. The van der Waals surface area contributed by atoms with E-state index in [0.717, 1.165) is 0 Å². The molecule has 2 aromatic rings. The minimum atomic E-state index is -0.401. The van der Waals surface area contributed by atoms with Crippen molar-refractivity contribution in [3.63, 3.8) is 0 Å². The summed E-state index contributed by atoms with van der Waals surface area (Å²) in [5.41, 5.74) is 0.418. The molecule has 3 N–H and O–H groups in total. The molecule has 2 unspecified atom stereocenters. The lowest BCUT2D eigenvalue weighted by atomic mass is 10.1. The topological polar surface area (TPSA) is 74.5 Å². The van der Waals surface area contributed by atoms with Crippen molar-refractivity contribution in [1.82, 2.24) is 5.32 Å². The summed E-state index contributed by atoms with van der Waals surface area (Å²) in [5, 5.41) is 15.1. The van der Waals surface area contributed by atoms with Crippen LogP contribution >= 0.6 is 0 Å². The molecule has 22 heavy (non-hydrogen) atoms. The minimum Gasteiger partial charge on any atom is -0.468 e. The van der Waals surface area contributed by atoms with Crippen molar-refractivity contribution in [2.75, 3.05) is 11.9 Å². The van der Waals surface area contributed by atoms with Crippen LogP contribution in [0.1, 0.15) is 25.1 Å². The highest BCUT2D eigenvalue weighted by Gasteiger charge is 2.17. The van der Waals surface area contributed by atoms with Crippen LogP contribution < -0.4 is 10.6 Å². The first-order valence-corrected chi connectivity index (χ1v) is 7.04. The number of nitrogens with one attached hydrogen (secondary N) is 2. The molecule has 0 saturated heterocycles. The highest BCUT2D eigenvalue weighted by Crippen LogP contribution is 2.15. The molecule has 1 aromatic heterocycles. The van der Waals surface area contributed by atoms with Crippen LogP contribution in [-0.4, -0.2) is 23.7 Å². The average molecular weight is 306 g/mol. The molecular weight excluding hydrogens is 287 g/mol. The molecule has 6 heteroatoms. The number of aliphatic hydroxyl groups is 1. The van der Waals surface area contributed by atoms with Crippen LogP contribution in [0, 0.1) is 5.82 Å². The van der Waals surface area contributed by atoms with E-state index in [9.17, 15) is 14.3 Å². The van der Waals surface area contributed by atoms with Gasteiger partial charge in [-0.3, -0.25) is 4.79 Å². The zero-order chi connectivity index (χ0) is 15.9. The van der Waals surface area contributed by atoms with Gasteiger partial charge in [0.2, 0.25) is 5.91 Å². The molecule has 0 radical (unpaired) electrons. The van der Waals surface area contributed by atoms with Crippen LogP contribution in [0.3, 0.4) is 0 Å². The second kappa shape index (κ2) is 7.72. The van der Waals surface area contributed by atoms with Crippen LogP contribution in [0.5, 0.6) is 0 Å². The summed E-state index contributed by atoms with van der Waals surface area (Å²) in [4.78, 5) is 11.9. The predicted molar refractivity (Wildman–Crippen MR) is 80.8 cm³/mol. The maximum atomic E-state index is 13.1. The molecule has 1 aromatic carbocycles. The van der Waals surface area contributed by atoms with Crippen molar-refractivity contribution < 1.29 is 18.7 Å². The number of benzene rings is 1. The highest BCUT2D eigenvalue weighted by molar-refractivity contribution is 5.91. The number of rotatable bonds is 7. The lowest BCUT2D eigenvalue weighted by molar-refractivity contribution is -0.116. The summed E-state index contributed by atoms with van der Waals surface area (Å²) < 4.78 is 18.3. The number of hydrogen-bond donors (Lipinski definition) is 3. The van der Waals surface area contributed by atoms with Gasteiger partial charge in [-0.25, -0.2) is 4.39 Å². The Morgan fingerprint density at radius 1 is 1.36 bits per heavy atom. The second-order valence-electron chi connectivity index (χ2n) is 5.08. The molecule has 2 rings (SSSR count). The van der Waals surface area contributed by atoms with Crippen molar-refractivity contribution in [3.8, 4) is 0 Å². The maximum absolute atomic E-state index is 13.1. The molecule has 0 aliphatic carbocycles. The van der Waals surface area contributed by atoms with Crippen LogP contribution in [0.4, 0.5) is 10.1 Å². The minimum absolute atomic E-state index is 0.136. The second-order valence-corrected chi connectivity index (χ2v) is 5.08. The van der Waals surface area contributed by atoms with Gasteiger partial charge < -0.3 is 20.2 Å². The third-order valence-corrected chi connectivity index (χ3v) is 3.15. The van der Waals surface area contributed by atoms with Crippen molar-refractivity contribution in [3.05, 3.63) is 54.2 Å². The smallest absolute Gasteiger partial charge is 0.225 e. The molecule has 1 amide bonds. The van der Waals surface area contributed by atoms with Crippen molar-refractivity contribution in [2.45, 2.75) is 25.4 Å². The Hall–Kier alpha value is -2.18. The molecular formula is C16H19FN2O3. The number of furan rings is 1. The van der Waals surface area contributed by atoms with Crippen molar-refractivity contribution >= 4 is 11.6 Å². The normalized spacial score (nSPS) is 13.6. The lowest BCUT2D eigenvalue weighted by Gasteiger charge is -2.19. The number of aliphatic hydroxyl groups excluding tert-OH is 1. The molecule has 0 bridgehead atoms. The number of hydrogen-bond acceptors (Lipinski definition) is 4. The van der Waals surface area contributed by atoms with Gasteiger partial charge in [-0.05, 0) is 37.3 Å². The summed E-state index contributed by atoms with van der Waals surface area (Å²) in [5.74, 6) is -0.0243. The molecule has 0 aliphatic rings. The standard InChI is InChI=1S/C16H19FN2O3/c1-11(18-14(10-20)15-6-3-7-22-15)8-16(21)19-13-5-2-4-12(17)9-13/h2-7,9,11,14,18,20H,8,10H2,1H3,(H,19,21). The Bertz CT molecular complexity index is 601. The van der Waals surface area contributed by atoms with Gasteiger partial charge >= 0.3 is 0 Å². The largest absolute Gasteiger partial charge is 0.468 e. The molecule has 0 spiro atoms. The van der Waals surface area contributed by atoms with E-state index < -0.39 is 5.82 Å². The van der Waals surface area contributed by atoms with Gasteiger partial charge in [0, 0.05) is 18.2 Å². The van der Waals surface area contributed by atoms with Gasteiger partial charge in [0.05, 0.1) is 18.9 Å². The molecule has 5 nitrogen and oxygen atoms in total. The summed E-state index contributed by atoms with van der Waals surface area (Å²) in [6, 6.07) is 8.67. The van der Waals surface area contributed by atoms with E-state index in [1.54, 1.807) is 18.2 Å². The number of halogens is 1. The van der Waals surface area contributed by atoms with Crippen molar-refractivity contribution in [2.24, 2.45) is 0 Å². The Morgan fingerprint density at radius 2 is 2.18 bits per heavy atom. The first kappa shape index (κ1) is 16.2. The van der Waals surface area contributed by atoms with E-state index in [-0.39, 0.29) is 31.0 Å². The number of carbonyl (C=O) groups excluding carboxylic acids is 1. The van der Waals surface area contributed by atoms with E-state index >= 15 is 0 Å². The Kier molecular flexibility index (Phi) is 5.68. The number of amides is 1. The van der Waals surface area contributed by atoms with Crippen LogP contribution in [0.25, 0.3) is 0 Å². The van der Waals surface area contributed by atoms with E-state index in [1.807, 2.05) is 6.92 Å².